The summed E-state index contributed by atoms with van der Waals surface area (Å²) in [6.45, 7) is 9.17. The van der Waals surface area contributed by atoms with E-state index in [0.29, 0.717) is 10.1 Å². The first-order valence-corrected chi connectivity index (χ1v) is 9.51. The van der Waals surface area contributed by atoms with Gasteiger partial charge in [-0.15, -0.1) is 16.3 Å². The molecular weight excluding hydrogens is 366 g/mol. The number of hydrogen-bond donors (Lipinski definition) is 1. The highest BCUT2D eigenvalue weighted by molar-refractivity contribution is 7.14. The standard InChI is InChI=1S/C19H25N3O4S/c1-13(2)11-25-17(23)22(18(24)26-19(3,4)5)21-16-20-15(12-27-16)14-9-7-6-8-10-14/h6-10,12-13H,11H2,1-5H3,(H,20,21). The van der Waals surface area contributed by atoms with Crippen LogP contribution in [0, 0.1) is 5.92 Å². The van der Waals surface area contributed by atoms with Crippen LogP contribution in [-0.2, 0) is 9.47 Å². The number of nitrogens with one attached hydrogen (secondary N) is 1. The number of amides is 2. The number of hydrogen-bond acceptors (Lipinski definition) is 7. The molecule has 1 heterocycles. The Labute approximate surface area is 163 Å². The largest absolute Gasteiger partial charge is 0.448 e. The first-order valence-electron chi connectivity index (χ1n) is 8.63. The predicted molar refractivity (Wildman–Crippen MR) is 105 cm³/mol. The number of thiazole rings is 1. The number of ether oxygens (including phenoxy) is 2. The van der Waals surface area contributed by atoms with Crippen LogP contribution >= 0.6 is 11.3 Å². The van der Waals surface area contributed by atoms with Crippen LogP contribution in [0.2, 0.25) is 0 Å². The number of anilines is 1. The molecule has 1 aromatic carbocycles. The van der Waals surface area contributed by atoms with Crippen LogP contribution in [0.4, 0.5) is 14.7 Å². The third-order valence-electron chi connectivity index (χ3n) is 3.08. The van der Waals surface area contributed by atoms with Gasteiger partial charge in [-0.2, -0.15) is 0 Å². The third-order valence-corrected chi connectivity index (χ3v) is 3.83. The second-order valence-electron chi connectivity index (χ2n) is 7.30. The van der Waals surface area contributed by atoms with E-state index in [0.717, 1.165) is 11.3 Å². The van der Waals surface area contributed by atoms with Crippen LogP contribution in [0.15, 0.2) is 35.7 Å². The SMILES string of the molecule is CC(C)COC(=O)N(Nc1nc(-c2ccccc2)cs1)C(=O)OC(C)(C)C. The lowest BCUT2D eigenvalue weighted by Gasteiger charge is -2.25. The van der Waals surface area contributed by atoms with Crippen molar-refractivity contribution in [3.8, 4) is 11.3 Å². The van der Waals surface area contributed by atoms with Gasteiger partial charge in [0.1, 0.15) is 5.60 Å². The van der Waals surface area contributed by atoms with E-state index in [-0.39, 0.29) is 12.5 Å². The van der Waals surface area contributed by atoms with Crippen LogP contribution < -0.4 is 5.43 Å². The highest BCUT2D eigenvalue weighted by atomic mass is 32.1. The van der Waals surface area contributed by atoms with Crippen molar-refractivity contribution in [2.45, 2.75) is 40.2 Å². The normalized spacial score (nSPS) is 11.2. The molecular formula is C19H25N3O4S. The molecule has 0 aliphatic heterocycles. The summed E-state index contributed by atoms with van der Waals surface area (Å²) in [7, 11) is 0. The van der Waals surface area contributed by atoms with Crippen LogP contribution in [-0.4, -0.2) is 34.4 Å². The Morgan fingerprint density at radius 1 is 1.19 bits per heavy atom. The Morgan fingerprint density at radius 3 is 2.44 bits per heavy atom. The second-order valence-corrected chi connectivity index (χ2v) is 8.16. The second kappa shape index (κ2) is 8.85. The van der Waals surface area contributed by atoms with Gasteiger partial charge < -0.3 is 9.47 Å². The molecule has 146 valence electrons. The lowest BCUT2D eigenvalue weighted by molar-refractivity contribution is 0.0253. The van der Waals surface area contributed by atoms with Crippen molar-refractivity contribution in [1.29, 1.82) is 0 Å². The molecule has 0 saturated carbocycles. The zero-order valence-electron chi connectivity index (χ0n) is 16.2. The molecule has 0 radical (unpaired) electrons. The topological polar surface area (TPSA) is 80.8 Å². The van der Waals surface area contributed by atoms with Crippen LogP contribution in [0.1, 0.15) is 34.6 Å². The highest BCUT2D eigenvalue weighted by Gasteiger charge is 2.30. The van der Waals surface area contributed by atoms with E-state index in [1.807, 2.05) is 49.6 Å². The summed E-state index contributed by atoms with van der Waals surface area (Å²) in [5.41, 5.74) is 3.63. The lowest BCUT2D eigenvalue weighted by Crippen LogP contribution is -2.45. The Bertz CT molecular complexity index is 769. The van der Waals surface area contributed by atoms with Gasteiger partial charge in [0, 0.05) is 10.9 Å². The lowest BCUT2D eigenvalue weighted by atomic mass is 10.2. The maximum atomic E-state index is 12.4. The summed E-state index contributed by atoms with van der Waals surface area (Å²) in [5, 5.41) is 2.92. The molecule has 7 nitrogen and oxygen atoms in total. The number of hydrazine groups is 1. The Morgan fingerprint density at radius 2 is 1.85 bits per heavy atom. The van der Waals surface area contributed by atoms with Crippen molar-refractivity contribution >= 4 is 28.7 Å². The van der Waals surface area contributed by atoms with Gasteiger partial charge in [-0.05, 0) is 26.7 Å². The van der Waals surface area contributed by atoms with Crippen LogP contribution in [0.3, 0.4) is 0 Å². The van der Waals surface area contributed by atoms with Crippen molar-refractivity contribution in [3.63, 3.8) is 0 Å². The van der Waals surface area contributed by atoms with Gasteiger partial charge in [-0.1, -0.05) is 44.2 Å². The molecule has 0 aliphatic carbocycles. The molecule has 0 bridgehead atoms. The van der Waals surface area contributed by atoms with E-state index in [1.165, 1.54) is 11.3 Å². The molecule has 0 spiro atoms. The van der Waals surface area contributed by atoms with Crippen molar-refractivity contribution in [2.24, 2.45) is 5.92 Å². The number of rotatable bonds is 5. The predicted octanol–water partition coefficient (Wildman–Crippen LogP) is 5.17. The van der Waals surface area contributed by atoms with Crippen molar-refractivity contribution in [3.05, 3.63) is 35.7 Å². The minimum Gasteiger partial charge on any atom is -0.448 e. The van der Waals surface area contributed by atoms with E-state index in [2.05, 4.69) is 10.4 Å². The molecule has 0 aliphatic rings. The number of aromatic nitrogens is 1. The van der Waals surface area contributed by atoms with Crippen molar-refractivity contribution in [1.82, 2.24) is 9.99 Å². The van der Waals surface area contributed by atoms with E-state index in [9.17, 15) is 9.59 Å². The molecule has 0 atom stereocenters. The summed E-state index contributed by atoms with van der Waals surface area (Å²) in [4.78, 5) is 29.2. The first kappa shape index (κ1) is 20.7. The zero-order valence-corrected chi connectivity index (χ0v) is 17.0. The molecule has 0 fully saturated rings. The van der Waals surface area contributed by atoms with Crippen LogP contribution in [0.5, 0.6) is 0 Å². The van der Waals surface area contributed by atoms with Gasteiger partial charge in [0.25, 0.3) is 0 Å². The fraction of sp³-hybridized carbons (Fsp3) is 0.421. The van der Waals surface area contributed by atoms with E-state index in [4.69, 9.17) is 9.47 Å². The number of imide groups is 1. The molecule has 1 aromatic heterocycles. The maximum Gasteiger partial charge on any atom is 0.439 e. The summed E-state index contributed by atoms with van der Waals surface area (Å²) < 4.78 is 10.5. The number of carbonyl (C=O) groups excluding carboxylic acids is 2. The average molecular weight is 391 g/mol. The molecule has 1 N–H and O–H groups in total. The van der Waals surface area contributed by atoms with Crippen molar-refractivity contribution < 1.29 is 19.1 Å². The number of nitrogens with zero attached hydrogens (tertiary/aromatic N) is 2. The first-order chi connectivity index (χ1) is 12.7. The minimum atomic E-state index is -0.854. The van der Waals surface area contributed by atoms with Gasteiger partial charge in [0.2, 0.25) is 5.13 Å². The number of carbonyl (C=O) groups is 2. The monoisotopic (exact) mass is 391 g/mol. The molecule has 0 unspecified atom stereocenters. The molecule has 8 heteroatoms. The van der Waals surface area contributed by atoms with E-state index in [1.54, 1.807) is 20.8 Å². The summed E-state index contributed by atoms with van der Waals surface area (Å²) in [6, 6.07) is 9.61. The fourth-order valence-electron chi connectivity index (χ4n) is 1.94. The van der Waals surface area contributed by atoms with Gasteiger partial charge in [0.05, 0.1) is 12.3 Å². The Kier molecular flexibility index (Phi) is 6.79. The summed E-state index contributed by atoms with van der Waals surface area (Å²) in [5.74, 6) is 0.138. The minimum absolute atomic E-state index is 0.138. The van der Waals surface area contributed by atoms with Gasteiger partial charge in [-0.3, -0.25) is 5.43 Å². The van der Waals surface area contributed by atoms with Gasteiger partial charge in [-0.25, -0.2) is 14.6 Å². The smallest absolute Gasteiger partial charge is 0.439 e. The Hall–Kier alpha value is -2.61. The molecule has 2 rings (SSSR count). The summed E-state index contributed by atoms with van der Waals surface area (Å²) >= 11 is 1.27. The van der Waals surface area contributed by atoms with Crippen LogP contribution in [0.25, 0.3) is 11.3 Å². The quantitative estimate of drug-likeness (QED) is 0.709. The molecule has 2 amide bonds. The Balaban J connectivity index is 2.17. The van der Waals surface area contributed by atoms with Crippen molar-refractivity contribution in [2.75, 3.05) is 12.0 Å². The van der Waals surface area contributed by atoms with E-state index < -0.39 is 17.8 Å². The number of benzene rings is 1. The maximum absolute atomic E-state index is 12.4. The molecule has 2 aromatic rings. The fourth-order valence-corrected chi connectivity index (χ4v) is 2.65. The summed E-state index contributed by atoms with van der Waals surface area (Å²) in [6.07, 6.45) is -1.69. The molecule has 27 heavy (non-hydrogen) atoms. The van der Waals surface area contributed by atoms with Gasteiger partial charge in [0.15, 0.2) is 0 Å². The highest BCUT2D eigenvalue weighted by Crippen LogP contribution is 2.25. The third kappa shape index (κ3) is 6.56. The zero-order chi connectivity index (χ0) is 20.0. The molecule has 0 saturated heterocycles. The van der Waals surface area contributed by atoms with Gasteiger partial charge >= 0.3 is 12.2 Å². The van der Waals surface area contributed by atoms with E-state index >= 15 is 0 Å². The average Bonchev–Trinajstić information content (AvgIpc) is 3.05.